The molecule has 0 atom stereocenters. The molecule has 0 saturated heterocycles. The summed E-state index contributed by atoms with van der Waals surface area (Å²) in [4.78, 5) is 42.4. The molecule has 2 aromatic heterocycles. The second kappa shape index (κ2) is 8.82. The van der Waals surface area contributed by atoms with Crippen molar-refractivity contribution in [1.29, 1.82) is 0 Å². The first kappa shape index (κ1) is 21.5. The Balaban J connectivity index is 1.70. The summed E-state index contributed by atoms with van der Waals surface area (Å²) in [5, 5.41) is 6.72. The van der Waals surface area contributed by atoms with Crippen LogP contribution < -0.4 is 5.56 Å². The Morgan fingerprint density at radius 1 is 1.19 bits per heavy atom. The van der Waals surface area contributed by atoms with Crippen LogP contribution in [0.4, 0.5) is 0 Å². The summed E-state index contributed by atoms with van der Waals surface area (Å²) in [6.07, 6.45) is 4.57. The maximum Gasteiger partial charge on any atom is 0.272 e. The van der Waals surface area contributed by atoms with Crippen LogP contribution in [0.2, 0.25) is 0 Å². The molecule has 1 aliphatic rings. The minimum atomic E-state index is -0.301. The van der Waals surface area contributed by atoms with Crippen molar-refractivity contribution < 1.29 is 9.59 Å². The van der Waals surface area contributed by atoms with Gasteiger partial charge in [0.1, 0.15) is 11.3 Å². The molecular weight excluding hydrogens is 406 g/mol. The number of pyridine rings is 1. The summed E-state index contributed by atoms with van der Waals surface area (Å²) in [6, 6.07) is 9.92. The van der Waals surface area contributed by atoms with Crippen molar-refractivity contribution in [2.45, 2.75) is 32.9 Å². The fourth-order valence-corrected chi connectivity index (χ4v) is 4.11. The summed E-state index contributed by atoms with van der Waals surface area (Å²) in [7, 11) is 3.30. The first-order valence-corrected chi connectivity index (χ1v) is 10.7. The van der Waals surface area contributed by atoms with E-state index in [1.165, 1.54) is 4.90 Å². The molecular formula is C24H27N5O3. The standard InChI is InChI=1S/C24H27N5O3/c1-16-13-25-26-21(16)24(32)29-12-10-19-18(15-29)14-28(11-9-17-7-5-4-6-8-17)23(31)20(19)22(30)27(2)3/h4-8,13-14H,9-12,15H2,1-3H3,(H,25,26). The molecule has 3 heterocycles. The highest BCUT2D eigenvalue weighted by Crippen LogP contribution is 2.23. The van der Waals surface area contributed by atoms with Gasteiger partial charge >= 0.3 is 0 Å². The normalized spacial score (nSPS) is 13.0. The van der Waals surface area contributed by atoms with Gasteiger partial charge in [-0.2, -0.15) is 5.10 Å². The Hall–Kier alpha value is -3.68. The van der Waals surface area contributed by atoms with Crippen molar-refractivity contribution in [3.63, 3.8) is 0 Å². The molecule has 0 bridgehead atoms. The van der Waals surface area contributed by atoms with Gasteiger partial charge in [0.15, 0.2) is 0 Å². The van der Waals surface area contributed by atoms with Gasteiger partial charge in [-0.3, -0.25) is 19.5 Å². The summed E-state index contributed by atoms with van der Waals surface area (Å²) < 4.78 is 1.61. The smallest absolute Gasteiger partial charge is 0.272 e. The number of amides is 2. The van der Waals surface area contributed by atoms with Crippen molar-refractivity contribution >= 4 is 11.8 Å². The van der Waals surface area contributed by atoms with Crippen molar-refractivity contribution in [3.05, 3.63) is 86.6 Å². The Morgan fingerprint density at radius 2 is 1.94 bits per heavy atom. The number of aromatic nitrogens is 3. The first-order valence-electron chi connectivity index (χ1n) is 10.7. The monoisotopic (exact) mass is 433 g/mol. The molecule has 1 aromatic carbocycles. The average molecular weight is 434 g/mol. The lowest BCUT2D eigenvalue weighted by molar-refractivity contribution is 0.0726. The zero-order valence-corrected chi connectivity index (χ0v) is 18.6. The highest BCUT2D eigenvalue weighted by atomic mass is 16.2. The minimum Gasteiger partial charge on any atom is -0.345 e. The molecule has 166 valence electrons. The summed E-state index contributed by atoms with van der Waals surface area (Å²) in [6.45, 7) is 3.07. The van der Waals surface area contributed by atoms with Gasteiger partial charge in [0.05, 0.1) is 6.20 Å². The number of benzene rings is 1. The van der Waals surface area contributed by atoms with Gasteiger partial charge in [0, 0.05) is 39.9 Å². The lowest BCUT2D eigenvalue weighted by Gasteiger charge is -2.30. The number of hydrogen-bond donors (Lipinski definition) is 1. The number of hydrogen-bond acceptors (Lipinski definition) is 4. The topological polar surface area (TPSA) is 91.3 Å². The zero-order chi connectivity index (χ0) is 22.8. The SMILES string of the molecule is Cc1cn[nH]c1C(=O)N1CCc2c(cn(CCc3ccccc3)c(=O)c2C(=O)N(C)C)C1. The number of carbonyl (C=O) groups is 2. The van der Waals surface area contributed by atoms with Crippen LogP contribution in [0.5, 0.6) is 0 Å². The van der Waals surface area contributed by atoms with E-state index in [4.69, 9.17) is 0 Å². The first-order chi connectivity index (χ1) is 15.4. The van der Waals surface area contributed by atoms with E-state index < -0.39 is 0 Å². The summed E-state index contributed by atoms with van der Waals surface area (Å²) >= 11 is 0. The Morgan fingerprint density at radius 3 is 2.59 bits per heavy atom. The third kappa shape index (κ3) is 4.08. The number of aromatic amines is 1. The van der Waals surface area contributed by atoms with E-state index in [0.29, 0.717) is 38.2 Å². The van der Waals surface area contributed by atoms with Gasteiger partial charge in [0.2, 0.25) is 0 Å². The van der Waals surface area contributed by atoms with Crippen molar-refractivity contribution in [1.82, 2.24) is 24.6 Å². The van der Waals surface area contributed by atoms with E-state index in [-0.39, 0.29) is 22.9 Å². The molecule has 3 aromatic rings. The Bertz CT molecular complexity index is 1210. The lowest BCUT2D eigenvalue weighted by Crippen LogP contribution is -2.41. The quantitative estimate of drug-likeness (QED) is 0.667. The molecule has 1 N–H and O–H groups in total. The maximum atomic E-state index is 13.3. The van der Waals surface area contributed by atoms with Crippen LogP contribution in [0.25, 0.3) is 0 Å². The average Bonchev–Trinajstić information content (AvgIpc) is 3.23. The van der Waals surface area contributed by atoms with Crippen LogP contribution in [-0.4, -0.2) is 57.0 Å². The largest absolute Gasteiger partial charge is 0.345 e. The predicted molar refractivity (Wildman–Crippen MR) is 121 cm³/mol. The van der Waals surface area contributed by atoms with Crippen LogP contribution in [-0.2, 0) is 25.9 Å². The molecule has 32 heavy (non-hydrogen) atoms. The van der Waals surface area contributed by atoms with E-state index in [1.807, 2.05) is 43.5 Å². The highest BCUT2D eigenvalue weighted by Gasteiger charge is 2.30. The maximum absolute atomic E-state index is 13.3. The number of H-pyrrole nitrogens is 1. The molecule has 0 aliphatic carbocycles. The minimum absolute atomic E-state index is 0.131. The van der Waals surface area contributed by atoms with Crippen molar-refractivity contribution in [2.75, 3.05) is 20.6 Å². The van der Waals surface area contributed by atoms with E-state index in [0.717, 1.165) is 22.3 Å². The van der Waals surface area contributed by atoms with Gasteiger partial charge < -0.3 is 14.4 Å². The van der Waals surface area contributed by atoms with Gasteiger partial charge in [0.25, 0.3) is 17.4 Å². The zero-order valence-electron chi connectivity index (χ0n) is 18.6. The highest BCUT2D eigenvalue weighted by molar-refractivity contribution is 5.96. The Labute approximate surface area is 186 Å². The van der Waals surface area contributed by atoms with E-state index in [9.17, 15) is 14.4 Å². The third-order valence-electron chi connectivity index (χ3n) is 5.90. The van der Waals surface area contributed by atoms with Gasteiger partial charge in [-0.05, 0) is 42.0 Å². The van der Waals surface area contributed by atoms with Crippen LogP contribution >= 0.6 is 0 Å². The molecule has 8 heteroatoms. The fourth-order valence-electron chi connectivity index (χ4n) is 4.11. The number of carbonyl (C=O) groups excluding carboxylic acids is 2. The molecule has 0 spiro atoms. The number of rotatable bonds is 5. The lowest BCUT2D eigenvalue weighted by atomic mass is 9.95. The van der Waals surface area contributed by atoms with E-state index in [2.05, 4.69) is 10.2 Å². The van der Waals surface area contributed by atoms with Crippen molar-refractivity contribution in [3.8, 4) is 0 Å². The molecule has 4 rings (SSSR count). The van der Waals surface area contributed by atoms with E-state index >= 15 is 0 Å². The van der Waals surface area contributed by atoms with Crippen LogP contribution in [0.3, 0.4) is 0 Å². The van der Waals surface area contributed by atoms with Crippen LogP contribution in [0, 0.1) is 6.92 Å². The van der Waals surface area contributed by atoms with Gasteiger partial charge in [-0.1, -0.05) is 30.3 Å². The fraction of sp³-hybridized carbons (Fsp3) is 0.333. The van der Waals surface area contributed by atoms with Crippen LogP contribution in [0.15, 0.2) is 47.5 Å². The van der Waals surface area contributed by atoms with Crippen molar-refractivity contribution in [2.24, 2.45) is 0 Å². The molecule has 0 unspecified atom stereocenters. The number of nitrogens with zero attached hydrogens (tertiary/aromatic N) is 4. The molecule has 1 aliphatic heterocycles. The molecule has 0 saturated carbocycles. The predicted octanol–water partition coefficient (Wildman–Crippen LogP) is 2.02. The molecule has 2 amide bonds. The van der Waals surface area contributed by atoms with E-state index in [1.54, 1.807) is 29.8 Å². The molecule has 0 fully saturated rings. The van der Waals surface area contributed by atoms with Crippen LogP contribution in [0.1, 0.15) is 43.1 Å². The number of nitrogens with one attached hydrogen (secondary N) is 1. The summed E-state index contributed by atoms with van der Waals surface area (Å²) in [5.41, 5.74) is 3.89. The summed E-state index contributed by atoms with van der Waals surface area (Å²) in [5.74, 6) is -0.433. The second-order valence-electron chi connectivity index (χ2n) is 8.35. The number of aryl methyl sites for hydroxylation is 3. The van der Waals surface area contributed by atoms with Gasteiger partial charge in [-0.25, -0.2) is 0 Å². The second-order valence-corrected chi connectivity index (χ2v) is 8.35. The van der Waals surface area contributed by atoms with Gasteiger partial charge in [-0.15, -0.1) is 0 Å². The third-order valence-corrected chi connectivity index (χ3v) is 5.90. The Kier molecular flexibility index (Phi) is 5.94. The number of fused-ring (bicyclic) bond motifs is 1. The molecule has 0 radical (unpaired) electrons. The molecule has 8 nitrogen and oxygen atoms in total.